The molecule has 0 heterocycles. The number of amides is 1. The second-order valence-electron chi connectivity index (χ2n) is 12.1. The van der Waals surface area contributed by atoms with Crippen LogP contribution < -0.4 is 5.32 Å². The number of nitrogens with one attached hydrogen (secondary N) is 1. The van der Waals surface area contributed by atoms with Gasteiger partial charge < -0.3 is 10.4 Å². The predicted octanol–water partition coefficient (Wildman–Crippen LogP) is 9.96. The van der Waals surface area contributed by atoms with Gasteiger partial charge in [0.05, 0.1) is 17.9 Å². The summed E-state index contributed by atoms with van der Waals surface area (Å²) in [5, 5.41) is 13.1. The van der Waals surface area contributed by atoms with Gasteiger partial charge >= 0.3 is 0 Å². The quantitative estimate of drug-likeness (QED) is 0.0399. The van der Waals surface area contributed by atoms with Gasteiger partial charge in [-0.15, -0.1) is 0 Å². The van der Waals surface area contributed by atoms with Crippen molar-refractivity contribution in [3.8, 4) is 0 Å². The molecule has 256 valence electrons. The van der Waals surface area contributed by atoms with Crippen LogP contribution in [0.2, 0.25) is 0 Å². The van der Waals surface area contributed by atoms with Crippen molar-refractivity contribution in [2.24, 2.45) is 0 Å². The number of hydrogen-bond acceptors (Lipinski definition) is 4. The number of hydrogen-bond donors (Lipinski definition) is 3. The van der Waals surface area contributed by atoms with Gasteiger partial charge in [0.1, 0.15) is 0 Å². The fourth-order valence-electron chi connectivity index (χ4n) is 5.01. The average molecular weight is 638 g/mol. The second-order valence-corrected chi connectivity index (χ2v) is 13.6. The molecule has 3 N–H and O–H groups in total. The molecule has 44 heavy (non-hydrogen) atoms. The summed E-state index contributed by atoms with van der Waals surface area (Å²) in [6.45, 7) is 4.43. The first-order valence-corrected chi connectivity index (χ1v) is 19.4. The van der Waals surface area contributed by atoms with Crippen LogP contribution in [0, 0.1) is 0 Å². The lowest BCUT2D eigenvalue weighted by molar-refractivity contribution is -0.122. The van der Waals surface area contributed by atoms with Crippen molar-refractivity contribution in [2.45, 2.75) is 174 Å². The topological polar surface area (TPSA) is 104 Å². The van der Waals surface area contributed by atoms with Crippen LogP contribution in [0.4, 0.5) is 0 Å². The van der Waals surface area contributed by atoms with E-state index >= 15 is 0 Å². The van der Waals surface area contributed by atoms with Crippen molar-refractivity contribution in [3.05, 3.63) is 48.6 Å². The number of unbranched alkanes of at least 4 members (excludes halogenated alkanes) is 17. The van der Waals surface area contributed by atoms with Gasteiger partial charge in [0.2, 0.25) is 5.91 Å². The molecule has 6 nitrogen and oxygen atoms in total. The third-order valence-corrected chi connectivity index (χ3v) is 8.47. The maximum Gasteiger partial charge on any atom is 0.267 e. The molecule has 0 bridgehead atoms. The molecule has 0 radical (unpaired) electrons. The first-order valence-electron chi connectivity index (χ1n) is 17.8. The van der Waals surface area contributed by atoms with E-state index in [0.29, 0.717) is 12.8 Å². The number of aliphatic hydroxyl groups excluding tert-OH is 1. The maximum absolute atomic E-state index is 12.4. The highest BCUT2D eigenvalue weighted by Crippen LogP contribution is 2.12. The molecule has 2 unspecified atom stereocenters. The van der Waals surface area contributed by atoms with Crippen LogP contribution in [-0.4, -0.2) is 41.9 Å². The standard InChI is InChI=1S/C37H67NO5S/c1-3-5-7-9-11-13-15-16-17-18-19-20-21-22-23-24-26-28-30-32-36(39)35(34-44(41,42)43)38-37(40)33-31-29-27-25-14-12-10-8-6-4-2/h8,10,19-20,23-24,30,32,35-36,39H,3-7,9,11-18,21-22,25-29,31,33-34H2,1-2H3,(H,38,40)(H,41,42,43)/b10-8-,20-19+,24-23+,32-30+. The van der Waals surface area contributed by atoms with E-state index in [2.05, 4.69) is 55.6 Å². The Morgan fingerprint density at radius 2 is 1.02 bits per heavy atom. The third kappa shape index (κ3) is 31.7. The lowest BCUT2D eigenvalue weighted by Crippen LogP contribution is -2.46. The van der Waals surface area contributed by atoms with E-state index in [-0.39, 0.29) is 12.3 Å². The molecule has 2 atom stereocenters. The molecule has 7 heteroatoms. The molecule has 0 aliphatic heterocycles. The Morgan fingerprint density at radius 1 is 0.591 bits per heavy atom. The minimum Gasteiger partial charge on any atom is -0.387 e. The number of rotatable bonds is 31. The average Bonchev–Trinajstić information content (AvgIpc) is 2.98. The van der Waals surface area contributed by atoms with Gasteiger partial charge in [-0.3, -0.25) is 9.35 Å². The molecule has 1 amide bonds. The molecular weight excluding hydrogens is 570 g/mol. The lowest BCUT2D eigenvalue weighted by atomic mass is 10.1. The summed E-state index contributed by atoms with van der Waals surface area (Å²) in [5.74, 6) is -1.03. The number of aliphatic hydroxyl groups is 1. The van der Waals surface area contributed by atoms with Gasteiger partial charge in [0, 0.05) is 6.42 Å². The smallest absolute Gasteiger partial charge is 0.267 e. The first kappa shape index (κ1) is 42.3. The molecule has 0 saturated heterocycles. The summed E-state index contributed by atoms with van der Waals surface area (Å²) in [6.07, 6.45) is 41.0. The molecule has 0 aromatic rings. The Labute approximate surface area is 271 Å². The van der Waals surface area contributed by atoms with Gasteiger partial charge in [-0.25, -0.2) is 0 Å². The van der Waals surface area contributed by atoms with Crippen LogP contribution in [-0.2, 0) is 14.9 Å². The minimum atomic E-state index is -4.35. The molecule has 0 fully saturated rings. The van der Waals surface area contributed by atoms with Crippen LogP contribution in [0.3, 0.4) is 0 Å². The zero-order valence-corrected chi connectivity index (χ0v) is 29.1. The van der Waals surface area contributed by atoms with Crippen molar-refractivity contribution >= 4 is 16.0 Å². The van der Waals surface area contributed by atoms with Gasteiger partial charge in [-0.2, -0.15) is 8.42 Å². The minimum absolute atomic E-state index is 0.272. The molecule has 0 saturated carbocycles. The fourth-order valence-corrected chi connectivity index (χ4v) is 5.75. The van der Waals surface area contributed by atoms with Crippen LogP contribution in [0.15, 0.2) is 48.6 Å². The summed E-state index contributed by atoms with van der Waals surface area (Å²) < 4.78 is 32.3. The highest BCUT2D eigenvalue weighted by Gasteiger charge is 2.24. The summed E-state index contributed by atoms with van der Waals surface area (Å²) >= 11 is 0. The third-order valence-electron chi connectivity index (χ3n) is 7.69. The van der Waals surface area contributed by atoms with Gasteiger partial charge in [-0.05, 0) is 64.2 Å². The van der Waals surface area contributed by atoms with Gasteiger partial charge in [0.15, 0.2) is 0 Å². The summed E-state index contributed by atoms with van der Waals surface area (Å²) in [4.78, 5) is 12.4. The van der Waals surface area contributed by atoms with Crippen molar-refractivity contribution in [2.75, 3.05) is 5.75 Å². The highest BCUT2D eigenvalue weighted by molar-refractivity contribution is 7.85. The fraction of sp³-hybridized carbons (Fsp3) is 0.757. The van der Waals surface area contributed by atoms with Crippen molar-refractivity contribution in [1.29, 1.82) is 0 Å². The zero-order chi connectivity index (χ0) is 32.6. The first-order chi connectivity index (χ1) is 21.3. The number of allylic oxidation sites excluding steroid dienone is 7. The van der Waals surface area contributed by atoms with Crippen LogP contribution in [0.5, 0.6) is 0 Å². The van der Waals surface area contributed by atoms with Crippen molar-refractivity contribution in [1.82, 2.24) is 5.32 Å². The molecular formula is C37H67NO5S. The Morgan fingerprint density at radius 3 is 1.52 bits per heavy atom. The van der Waals surface area contributed by atoms with E-state index in [1.807, 2.05) is 0 Å². The molecule has 0 aliphatic carbocycles. The second kappa shape index (κ2) is 31.3. The Bertz CT molecular complexity index is 878. The highest BCUT2D eigenvalue weighted by atomic mass is 32.2. The van der Waals surface area contributed by atoms with E-state index in [0.717, 1.165) is 57.8 Å². The Hall–Kier alpha value is -1.70. The normalized spacial score (nSPS) is 14.0. The summed E-state index contributed by atoms with van der Waals surface area (Å²) in [6, 6.07) is -1.08. The monoisotopic (exact) mass is 637 g/mol. The largest absolute Gasteiger partial charge is 0.387 e. The number of carbonyl (C=O) groups is 1. The number of carbonyl (C=O) groups excluding carboxylic acids is 1. The van der Waals surface area contributed by atoms with E-state index in [1.54, 1.807) is 6.08 Å². The predicted molar refractivity (Wildman–Crippen MR) is 188 cm³/mol. The van der Waals surface area contributed by atoms with Crippen molar-refractivity contribution in [3.63, 3.8) is 0 Å². The molecule has 0 aromatic carbocycles. The van der Waals surface area contributed by atoms with E-state index < -0.39 is 28.0 Å². The lowest BCUT2D eigenvalue weighted by Gasteiger charge is -2.21. The van der Waals surface area contributed by atoms with E-state index in [1.165, 1.54) is 76.7 Å². The van der Waals surface area contributed by atoms with Gasteiger partial charge in [-0.1, -0.05) is 140 Å². The van der Waals surface area contributed by atoms with Crippen molar-refractivity contribution < 1.29 is 22.9 Å². The van der Waals surface area contributed by atoms with E-state index in [9.17, 15) is 22.9 Å². The van der Waals surface area contributed by atoms with Gasteiger partial charge in [0.25, 0.3) is 10.1 Å². The van der Waals surface area contributed by atoms with Crippen LogP contribution in [0.1, 0.15) is 162 Å². The molecule has 0 aliphatic rings. The summed E-state index contributed by atoms with van der Waals surface area (Å²) in [5.41, 5.74) is 0. The molecule has 0 rings (SSSR count). The van der Waals surface area contributed by atoms with Crippen LogP contribution in [0.25, 0.3) is 0 Å². The van der Waals surface area contributed by atoms with Crippen LogP contribution >= 0.6 is 0 Å². The summed E-state index contributed by atoms with van der Waals surface area (Å²) in [7, 11) is -4.35. The maximum atomic E-state index is 12.4. The molecule has 0 spiro atoms. The van der Waals surface area contributed by atoms with E-state index in [4.69, 9.17) is 0 Å². The Balaban J connectivity index is 4.08. The SMILES string of the molecule is CCC/C=C\CCCCCCCC(=O)NC(CS(=O)(=O)O)C(O)/C=C/CC/C=C/CC/C=C/CCCCCCCCCCC. The molecule has 0 aromatic heterocycles. The Kier molecular flexibility index (Phi) is 30.1. The zero-order valence-electron chi connectivity index (χ0n) is 28.3.